The molecule has 0 spiro atoms. The number of hydrogen-bond acceptors (Lipinski definition) is 3. The number of carbonyl (C=O) groups is 2. The number of halogens is 1. The first-order valence-corrected chi connectivity index (χ1v) is 6.12. The van der Waals surface area contributed by atoms with Gasteiger partial charge < -0.3 is 16.0 Å². The van der Waals surface area contributed by atoms with Gasteiger partial charge in [0, 0.05) is 19.8 Å². The summed E-state index contributed by atoms with van der Waals surface area (Å²) in [6.07, 6.45) is 0. The summed E-state index contributed by atoms with van der Waals surface area (Å²) in [5.74, 6) is -0.516. The highest BCUT2D eigenvalue weighted by molar-refractivity contribution is 6.34. The monoisotopic (exact) mass is 283 g/mol. The molecule has 6 heteroatoms. The van der Waals surface area contributed by atoms with Gasteiger partial charge in [-0.2, -0.15) is 0 Å². The van der Waals surface area contributed by atoms with Gasteiger partial charge in [-0.05, 0) is 32.0 Å². The number of nitrogens with zero attached hydrogens (tertiary/aromatic N) is 1. The Morgan fingerprint density at radius 1 is 1.32 bits per heavy atom. The third-order valence-corrected chi connectivity index (χ3v) is 2.76. The van der Waals surface area contributed by atoms with Gasteiger partial charge in [0.2, 0.25) is 5.91 Å². The molecule has 104 valence electrons. The summed E-state index contributed by atoms with van der Waals surface area (Å²) >= 11 is 6.04. The van der Waals surface area contributed by atoms with E-state index in [4.69, 9.17) is 17.3 Å². The molecule has 0 saturated carbocycles. The van der Waals surface area contributed by atoms with Crippen molar-refractivity contribution in [2.45, 2.75) is 19.4 Å². The van der Waals surface area contributed by atoms with Crippen LogP contribution in [0.2, 0.25) is 5.02 Å². The fourth-order valence-electron chi connectivity index (χ4n) is 1.30. The lowest BCUT2D eigenvalue weighted by molar-refractivity contribution is -0.120. The van der Waals surface area contributed by atoms with Crippen LogP contribution < -0.4 is 11.1 Å². The fourth-order valence-corrected chi connectivity index (χ4v) is 1.56. The molecule has 2 amide bonds. The molecular formula is C13H18ClN3O2. The zero-order valence-corrected chi connectivity index (χ0v) is 12.2. The number of nitrogens with two attached hydrogens (primary N) is 1. The summed E-state index contributed by atoms with van der Waals surface area (Å²) in [7, 11) is 3.29. The first kappa shape index (κ1) is 15.5. The molecule has 0 unspecified atom stereocenters. The second-order valence-electron chi connectivity index (χ2n) is 5.07. The molecule has 0 radical (unpaired) electrons. The van der Waals surface area contributed by atoms with Crippen LogP contribution in [0.4, 0.5) is 5.69 Å². The summed E-state index contributed by atoms with van der Waals surface area (Å²) in [5, 5.41) is 2.93. The van der Waals surface area contributed by atoms with Crippen LogP contribution in [-0.2, 0) is 4.79 Å². The fraction of sp³-hybridized carbons (Fsp3) is 0.385. The van der Waals surface area contributed by atoms with Crippen molar-refractivity contribution >= 4 is 29.1 Å². The SMILES string of the molecule is CN(C)C(=O)c1ccc(NC(=O)C(C)(C)N)cc1Cl. The summed E-state index contributed by atoms with van der Waals surface area (Å²) in [5.41, 5.74) is 5.58. The standard InChI is InChI=1S/C13H18ClN3O2/c1-13(2,15)12(19)16-8-5-6-9(10(14)7-8)11(18)17(3)4/h5-7H,15H2,1-4H3,(H,16,19). The van der Waals surface area contributed by atoms with Crippen molar-refractivity contribution in [2.75, 3.05) is 19.4 Å². The minimum Gasteiger partial charge on any atom is -0.345 e. The maximum atomic E-state index is 11.8. The minimum atomic E-state index is -0.982. The third kappa shape index (κ3) is 3.94. The zero-order chi connectivity index (χ0) is 14.8. The van der Waals surface area contributed by atoms with Crippen LogP contribution in [0.5, 0.6) is 0 Å². The molecule has 1 aromatic carbocycles. The van der Waals surface area contributed by atoms with E-state index in [2.05, 4.69) is 5.32 Å². The molecule has 0 heterocycles. The van der Waals surface area contributed by atoms with Crippen LogP contribution in [-0.4, -0.2) is 36.3 Å². The van der Waals surface area contributed by atoms with Crippen LogP contribution in [0, 0.1) is 0 Å². The Bertz CT molecular complexity index is 507. The van der Waals surface area contributed by atoms with Gasteiger partial charge in [0.1, 0.15) is 0 Å². The molecule has 3 N–H and O–H groups in total. The molecule has 0 bridgehead atoms. The third-order valence-electron chi connectivity index (χ3n) is 2.45. The average Bonchev–Trinajstić information content (AvgIpc) is 2.26. The normalized spacial score (nSPS) is 11.1. The first-order chi connectivity index (χ1) is 8.62. The second-order valence-corrected chi connectivity index (χ2v) is 5.48. The lowest BCUT2D eigenvalue weighted by Crippen LogP contribution is -2.45. The van der Waals surface area contributed by atoms with E-state index in [0.29, 0.717) is 11.3 Å². The van der Waals surface area contributed by atoms with Crippen molar-refractivity contribution < 1.29 is 9.59 Å². The van der Waals surface area contributed by atoms with E-state index in [0.717, 1.165) is 0 Å². The van der Waals surface area contributed by atoms with Gasteiger partial charge in [-0.1, -0.05) is 11.6 Å². The van der Waals surface area contributed by atoms with Crippen LogP contribution in [0.25, 0.3) is 0 Å². The highest BCUT2D eigenvalue weighted by atomic mass is 35.5. The lowest BCUT2D eigenvalue weighted by atomic mass is 10.1. The molecule has 0 aliphatic rings. The van der Waals surface area contributed by atoms with E-state index in [-0.39, 0.29) is 16.8 Å². The minimum absolute atomic E-state index is 0.193. The molecular weight excluding hydrogens is 266 g/mol. The maximum absolute atomic E-state index is 11.8. The van der Waals surface area contributed by atoms with Gasteiger partial charge in [-0.15, -0.1) is 0 Å². The molecule has 0 saturated heterocycles. The Labute approximate surface area is 117 Å². The summed E-state index contributed by atoms with van der Waals surface area (Å²) in [6.45, 7) is 3.21. The van der Waals surface area contributed by atoms with Gasteiger partial charge in [0.05, 0.1) is 16.1 Å². The van der Waals surface area contributed by atoms with Crippen molar-refractivity contribution in [3.8, 4) is 0 Å². The van der Waals surface area contributed by atoms with Crippen LogP contribution in [0.1, 0.15) is 24.2 Å². The molecule has 0 fully saturated rings. The van der Waals surface area contributed by atoms with E-state index >= 15 is 0 Å². The van der Waals surface area contributed by atoms with Gasteiger partial charge in [-0.3, -0.25) is 9.59 Å². The Morgan fingerprint density at radius 2 is 1.89 bits per heavy atom. The van der Waals surface area contributed by atoms with Crippen molar-refractivity contribution in [1.82, 2.24) is 4.90 Å². The largest absolute Gasteiger partial charge is 0.345 e. The lowest BCUT2D eigenvalue weighted by Gasteiger charge is -2.18. The maximum Gasteiger partial charge on any atom is 0.254 e. The molecule has 1 rings (SSSR count). The van der Waals surface area contributed by atoms with Crippen LogP contribution in [0.3, 0.4) is 0 Å². The van der Waals surface area contributed by atoms with Gasteiger partial charge in [0.15, 0.2) is 0 Å². The average molecular weight is 284 g/mol. The quantitative estimate of drug-likeness (QED) is 0.887. The molecule has 0 aliphatic heterocycles. The highest BCUT2D eigenvalue weighted by Gasteiger charge is 2.22. The second kappa shape index (κ2) is 5.59. The topological polar surface area (TPSA) is 75.4 Å². The number of hydrogen-bond donors (Lipinski definition) is 2. The summed E-state index contributed by atoms with van der Waals surface area (Å²) < 4.78 is 0. The smallest absolute Gasteiger partial charge is 0.254 e. The molecule has 0 atom stereocenters. The molecule has 0 aliphatic carbocycles. The van der Waals surface area contributed by atoms with Crippen molar-refractivity contribution in [3.63, 3.8) is 0 Å². The van der Waals surface area contributed by atoms with Crippen molar-refractivity contribution in [2.24, 2.45) is 5.73 Å². The summed E-state index contributed by atoms with van der Waals surface area (Å²) in [4.78, 5) is 24.9. The van der Waals surface area contributed by atoms with Gasteiger partial charge in [0.25, 0.3) is 5.91 Å². The Hall–Kier alpha value is -1.59. The number of anilines is 1. The molecule has 1 aromatic rings. The number of amides is 2. The summed E-state index contributed by atoms with van der Waals surface area (Å²) in [6, 6.07) is 4.72. The predicted octanol–water partition coefficient (Wildman–Crippen LogP) is 1.72. The highest BCUT2D eigenvalue weighted by Crippen LogP contribution is 2.22. The number of benzene rings is 1. The van der Waals surface area contributed by atoms with Crippen molar-refractivity contribution in [3.05, 3.63) is 28.8 Å². The first-order valence-electron chi connectivity index (χ1n) is 5.74. The van der Waals surface area contributed by atoms with Crippen LogP contribution >= 0.6 is 11.6 Å². The van der Waals surface area contributed by atoms with E-state index in [1.165, 1.54) is 11.0 Å². The number of carbonyl (C=O) groups excluding carboxylic acids is 2. The molecule has 19 heavy (non-hydrogen) atoms. The van der Waals surface area contributed by atoms with Crippen molar-refractivity contribution in [1.29, 1.82) is 0 Å². The predicted molar refractivity (Wildman–Crippen MR) is 76.4 cm³/mol. The zero-order valence-electron chi connectivity index (χ0n) is 11.5. The van der Waals surface area contributed by atoms with E-state index in [1.54, 1.807) is 40.1 Å². The Kier molecular flexibility index (Phi) is 4.55. The van der Waals surface area contributed by atoms with E-state index in [1.807, 2.05) is 0 Å². The van der Waals surface area contributed by atoms with Crippen LogP contribution in [0.15, 0.2) is 18.2 Å². The Balaban J connectivity index is 2.95. The molecule has 0 aromatic heterocycles. The van der Waals surface area contributed by atoms with Gasteiger partial charge in [-0.25, -0.2) is 0 Å². The number of rotatable bonds is 3. The number of nitrogens with one attached hydrogen (secondary N) is 1. The van der Waals surface area contributed by atoms with E-state index in [9.17, 15) is 9.59 Å². The molecule has 5 nitrogen and oxygen atoms in total. The van der Waals surface area contributed by atoms with Gasteiger partial charge >= 0.3 is 0 Å². The van der Waals surface area contributed by atoms with E-state index < -0.39 is 5.54 Å². The Morgan fingerprint density at radius 3 is 2.32 bits per heavy atom.